The highest BCUT2D eigenvalue weighted by atomic mass is 19.1. The van der Waals surface area contributed by atoms with Gasteiger partial charge in [0.2, 0.25) is 0 Å². The van der Waals surface area contributed by atoms with Crippen molar-refractivity contribution in [3.8, 4) is 5.75 Å². The van der Waals surface area contributed by atoms with E-state index in [1.165, 1.54) is 25.3 Å². The van der Waals surface area contributed by atoms with Crippen LogP contribution in [0.2, 0.25) is 0 Å². The van der Waals surface area contributed by atoms with Gasteiger partial charge in [0.25, 0.3) is 5.91 Å². The maximum Gasteiger partial charge on any atom is 0.256 e. The predicted octanol–water partition coefficient (Wildman–Crippen LogP) is 2.98. The van der Waals surface area contributed by atoms with E-state index in [4.69, 9.17) is 10.5 Å². The van der Waals surface area contributed by atoms with E-state index in [0.29, 0.717) is 16.9 Å². The molecule has 0 aliphatic heterocycles. The SMILES string of the molecule is COc1cc(F)ccc1NC(=O)c1cc(N)ccc1C. The first-order valence-corrected chi connectivity index (χ1v) is 6.02. The summed E-state index contributed by atoms with van der Waals surface area (Å²) in [6.07, 6.45) is 0. The zero-order valence-electron chi connectivity index (χ0n) is 11.2. The van der Waals surface area contributed by atoms with Crippen molar-refractivity contribution in [3.63, 3.8) is 0 Å². The van der Waals surface area contributed by atoms with Crippen LogP contribution in [0.5, 0.6) is 5.75 Å². The van der Waals surface area contributed by atoms with Crippen LogP contribution in [0.15, 0.2) is 36.4 Å². The number of nitrogens with two attached hydrogens (primary N) is 1. The number of amides is 1. The third kappa shape index (κ3) is 2.88. The Bertz CT molecular complexity index is 656. The summed E-state index contributed by atoms with van der Waals surface area (Å²) < 4.78 is 18.1. The van der Waals surface area contributed by atoms with Gasteiger partial charge in [-0.15, -0.1) is 0 Å². The summed E-state index contributed by atoms with van der Waals surface area (Å²) in [4.78, 5) is 12.2. The van der Waals surface area contributed by atoms with Crippen molar-refractivity contribution in [2.24, 2.45) is 0 Å². The Morgan fingerprint density at radius 1 is 1.25 bits per heavy atom. The van der Waals surface area contributed by atoms with Gasteiger partial charge in [-0.25, -0.2) is 4.39 Å². The number of hydrogen-bond acceptors (Lipinski definition) is 3. The highest BCUT2D eigenvalue weighted by Crippen LogP contribution is 2.26. The molecule has 0 spiro atoms. The molecular formula is C15H15FN2O2. The molecule has 0 atom stereocenters. The lowest BCUT2D eigenvalue weighted by molar-refractivity contribution is 0.102. The van der Waals surface area contributed by atoms with Crippen LogP contribution >= 0.6 is 0 Å². The monoisotopic (exact) mass is 274 g/mol. The fourth-order valence-electron chi connectivity index (χ4n) is 1.84. The van der Waals surface area contributed by atoms with E-state index in [9.17, 15) is 9.18 Å². The third-order valence-corrected chi connectivity index (χ3v) is 2.92. The first-order valence-electron chi connectivity index (χ1n) is 6.02. The highest BCUT2D eigenvalue weighted by molar-refractivity contribution is 6.06. The van der Waals surface area contributed by atoms with Gasteiger partial charge in [-0.2, -0.15) is 0 Å². The Morgan fingerprint density at radius 3 is 2.70 bits per heavy atom. The average molecular weight is 274 g/mol. The molecule has 4 nitrogen and oxygen atoms in total. The van der Waals surface area contributed by atoms with E-state index < -0.39 is 5.82 Å². The highest BCUT2D eigenvalue weighted by Gasteiger charge is 2.12. The Balaban J connectivity index is 2.30. The quantitative estimate of drug-likeness (QED) is 0.846. The molecule has 0 fully saturated rings. The number of methoxy groups -OCH3 is 1. The Hall–Kier alpha value is -2.56. The minimum Gasteiger partial charge on any atom is -0.494 e. The molecule has 0 unspecified atom stereocenters. The lowest BCUT2D eigenvalue weighted by Crippen LogP contribution is -2.14. The number of ether oxygens (including phenoxy) is 1. The Morgan fingerprint density at radius 2 is 2.00 bits per heavy atom. The second-order valence-corrected chi connectivity index (χ2v) is 4.37. The summed E-state index contributed by atoms with van der Waals surface area (Å²) in [7, 11) is 1.41. The molecule has 0 heterocycles. The second-order valence-electron chi connectivity index (χ2n) is 4.37. The number of hydrogen-bond donors (Lipinski definition) is 2. The van der Waals surface area contributed by atoms with Gasteiger partial charge in [-0.05, 0) is 36.8 Å². The molecule has 0 aliphatic rings. The predicted molar refractivity (Wildman–Crippen MR) is 76.5 cm³/mol. The van der Waals surface area contributed by atoms with Gasteiger partial charge in [0.1, 0.15) is 11.6 Å². The first-order chi connectivity index (χ1) is 9.51. The summed E-state index contributed by atoms with van der Waals surface area (Å²) in [6.45, 7) is 1.82. The van der Waals surface area contributed by atoms with Gasteiger partial charge >= 0.3 is 0 Å². The minimum absolute atomic E-state index is 0.264. The van der Waals surface area contributed by atoms with Gasteiger partial charge in [-0.3, -0.25) is 4.79 Å². The number of benzene rings is 2. The smallest absolute Gasteiger partial charge is 0.256 e. The van der Waals surface area contributed by atoms with E-state index >= 15 is 0 Å². The Kier molecular flexibility index (Phi) is 3.89. The number of anilines is 2. The molecule has 0 saturated carbocycles. The van der Waals surface area contributed by atoms with Crippen molar-refractivity contribution >= 4 is 17.3 Å². The number of carbonyl (C=O) groups is 1. The molecule has 0 bridgehead atoms. The van der Waals surface area contributed by atoms with Crippen LogP contribution in [0.4, 0.5) is 15.8 Å². The van der Waals surface area contributed by atoms with Gasteiger partial charge in [-0.1, -0.05) is 6.07 Å². The topological polar surface area (TPSA) is 64.3 Å². The molecule has 0 radical (unpaired) electrons. The van der Waals surface area contributed by atoms with Crippen LogP contribution in [0, 0.1) is 12.7 Å². The molecular weight excluding hydrogens is 259 g/mol. The van der Waals surface area contributed by atoms with E-state index in [1.54, 1.807) is 18.2 Å². The zero-order chi connectivity index (χ0) is 14.7. The van der Waals surface area contributed by atoms with Crippen LogP contribution in [-0.2, 0) is 0 Å². The molecule has 104 valence electrons. The number of rotatable bonds is 3. The second kappa shape index (κ2) is 5.61. The number of halogens is 1. The number of nitrogen functional groups attached to an aromatic ring is 1. The number of carbonyl (C=O) groups excluding carboxylic acids is 1. The molecule has 20 heavy (non-hydrogen) atoms. The maximum atomic E-state index is 13.1. The van der Waals surface area contributed by atoms with Crippen molar-refractivity contribution in [2.75, 3.05) is 18.2 Å². The van der Waals surface area contributed by atoms with Crippen molar-refractivity contribution in [1.29, 1.82) is 0 Å². The first kappa shape index (κ1) is 13.9. The lowest BCUT2D eigenvalue weighted by Gasteiger charge is -2.11. The summed E-state index contributed by atoms with van der Waals surface area (Å²) >= 11 is 0. The largest absolute Gasteiger partial charge is 0.494 e. The standard InChI is InChI=1S/C15H15FN2O2/c1-9-3-5-11(17)8-12(9)15(19)18-13-6-4-10(16)7-14(13)20-2/h3-8H,17H2,1-2H3,(H,18,19). The van der Waals surface area contributed by atoms with Crippen molar-refractivity contribution < 1.29 is 13.9 Å². The zero-order valence-corrected chi connectivity index (χ0v) is 11.2. The molecule has 2 aromatic carbocycles. The van der Waals surface area contributed by atoms with Crippen molar-refractivity contribution in [1.82, 2.24) is 0 Å². The molecule has 1 amide bonds. The summed E-state index contributed by atoms with van der Waals surface area (Å²) in [5.74, 6) is -0.486. The molecule has 2 rings (SSSR count). The Labute approximate surface area is 116 Å². The fourth-order valence-corrected chi connectivity index (χ4v) is 1.84. The van der Waals surface area contributed by atoms with E-state index in [-0.39, 0.29) is 11.7 Å². The van der Waals surface area contributed by atoms with Crippen LogP contribution in [-0.4, -0.2) is 13.0 Å². The molecule has 5 heteroatoms. The number of nitrogens with one attached hydrogen (secondary N) is 1. The number of aryl methyl sites for hydroxylation is 1. The van der Waals surface area contributed by atoms with Crippen molar-refractivity contribution in [2.45, 2.75) is 6.92 Å². The van der Waals surface area contributed by atoms with Gasteiger partial charge in [0.05, 0.1) is 12.8 Å². The fraction of sp³-hybridized carbons (Fsp3) is 0.133. The van der Waals surface area contributed by atoms with Gasteiger partial charge < -0.3 is 15.8 Å². The lowest BCUT2D eigenvalue weighted by atomic mass is 10.1. The molecule has 2 aromatic rings. The van der Waals surface area contributed by atoms with Crippen molar-refractivity contribution in [3.05, 3.63) is 53.3 Å². The summed E-state index contributed by atoms with van der Waals surface area (Å²) in [5.41, 5.74) is 7.86. The van der Waals surface area contributed by atoms with E-state index in [2.05, 4.69) is 5.32 Å². The van der Waals surface area contributed by atoms with E-state index in [0.717, 1.165) is 5.56 Å². The summed E-state index contributed by atoms with van der Waals surface area (Å²) in [6, 6.07) is 9.01. The van der Waals surface area contributed by atoms with Crippen LogP contribution in [0.1, 0.15) is 15.9 Å². The van der Waals surface area contributed by atoms with Crippen LogP contribution in [0.3, 0.4) is 0 Å². The average Bonchev–Trinajstić information content (AvgIpc) is 2.43. The minimum atomic E-state index is -0.431. The molecule has 3 N–H and O–H groups in total. The molecule has 0 aromatic heterocycles. The summed E-state index contributed by atoms with van der Waals surface area (Å²) in [5, 5.41) is 2.69. The third-order valence-electron chi connectivity index (χ3n) is 2.92. The van der Waals surface area contributed by atoms with Gasteiger partial charge in [0, 0.05) is 17.3 Å². The van der Waals surface area contributed by atoms with E-state index in [1.807, 2.05) is 6.92 Å². The van der Waals surface area contributed by atoms with Crippen LogP contribution in [0.25, 0.3) is 0 Å². The normalized spacial score (nSPS) is 10.2. The van der Waals surface area contributed by atoms with Gasteiger partial charge in [0.15, 0.2) is 0 Å². The maximum absolute atomic E-state index is 13.1. The van der Waals surface area contributed by atoms with Crippen LogP contribution < -0.4 is 15.8 Å². The molecule has 0 aliphatic carbocycles. The molecule has 0 saturated heterocycles.